The number of aromatic nitrogens is 2. The fraction of sp³-hybridized carbons (Fsp3) is 0.522. The van der Waals surface area contributed by atoms with Gasteiger partial charge in [-0.3, -0.25) is 9.69 Å². The minimum absolute atomic E-state index is 0.0207. The first-order chi connectivity index (χ1) is 14.2. The summed E-state index contributed by atoms with van der Waals surface area (Å²) >= 11 is 0. The highest BCUT2D eigenvalue weighted by Gasteiger charge is 2.34. The van der Waals surface area contributed by atoms with Crippen molar-refractivity contribution in [3.63, 3.8) is 0 Å². The van der Waals surface area contributed by atoms with Crippen molar-refractivity contribution in [2.75, 3.05) is 23.9 Å². The van der Waals surface area contributed by atoms with Gasteiger partial charge in [-0.2, -0.15) is 0 Å². The van der Waals surface area contributed by atoms with E-state index < -0.39 is 5.97 Å². The van der Waals surface area contributed by atoms with Crippen molar-refractivity contribution in [3.05, 3.63) is 36.0 Å². The molecule has 0 atom stereocenters. The van der Waals surface area contributed by atoms with Gasteiger partial charge in [0.2, 0.25) is 5.91 Å². The molecule has 30 heavy (non-hydrogen) atoms. The Balaban J connectivity index is 1.97. The summed E-state index contributed by atoms with van der Waals surface area (Å²) in [6, 6.07) is 7.50. The van der Waals surface area contributed by atoms with Crippen molar-refractivity contribution in [1.29, 1.82) is 0 Å². The van der Waals surface area contributed by atoms with Gasteiger partial charge >= 0.3 is 5.97 Å². The van der Waals surface area contributed by atoms with Crippen LogP contribution in [0.1, 0.15) is 56.8 Å². The molecule has 1 aromatic heterocycles. The molecule has 1 N–H and O–H groups in total. The number of aromatic carboxylic acids is 1. The predicted molar refractivity (Wildman–Crippen MR) is 119 cm³/mol. The Labute approximate surface area is 178 Å². The van der Waals surface area contributed by atoms with Gasteiger partial charge in [-0.15, -0.1) is 5.10 Å². The van der Waals surface area contributed by atoms with Crippen LogP contribution in [0.4, 0.5) is 11.5 Å². The van der Waals surface area contributed by atoms with Crippen molar-refractivity contribution in [1.82, 2.24) is 9.78 Å². The molecule has 0 unspecified atom stereocenters. The Morgan fingerprint density at radius 1 is 1.10 bits per heavy atom. The molecule has 0 spiro atoms. The zero-order valence-corrected chi connectivity index (χ0v) is 18.5. The number of carbonyl (C=O) groups excluding carboxylic acids is 1. The summed E-state index contributed by atoms with van der Waals surface area (Å²) in [6.45, 7) is 6.02. The third kappa shape index (κ3) is 4.50. The van der Waals surface area contributed by atoms with Crippen molar-refractivity contribution >= 4 is 23.4 Å². The fourth-order valence-electron chi connectivity index (χ4n) is 4.04. The molecule has 0 aliphatic heterocycles. The van der Waals surface area contributed by atoms with Gasteiger partial charge in [-0.1, -0.05) is 6.92 Å². The van der Waals surface area contributed by atoms with Gasteiger partial charge in [0.1, 0.15) is 5.56 Å². The number of hydrogen-bond acceptors (Lipinski definition) is 4. The first-order valence-electron chi connectivity index (χ1n) is 10.6. The van der Waals surface area contributed by atoms with Gasteiger partial charge in [0.15, 0.2) is 5.82 Å². The lowest BCUT2D eigenvalue weighted by molar-refractivity contribution is -0.123. The maximum atomic E-state index is 13.4. The van der Waals surface area contributed by atoms with Crippen LogP contribution in [-0.4, -0.2) is 46.9 Å². The number of amides is 1. The van der Waals surface area contributed by atoms with Gasteiger partial charge < -0.3 is 10.0 Å². The van der Waals surface area contributed by atoms with Crippen molar-refractivity contribution < 1.29 is 14.7 Å². The maximum absolute atomic E-state index is 13.4. The lowest BCUT2D eigenvalue weighted by Crippen LogP contribution is -2.43. The fourth-order valence-corrected chi connectivity index (χ4v) is 4.04. The molecule has 162 valence electrons. The summed E-state index contributed by atoms with van der Waals surface area (Å²) in [4.78, 5) is 28.9. The summed E-state index contributed by atoms with van der Waals surface area (Å²) in [7, 11) is 3.92. The molecule has 1 saturated carbocycles. The normalized spacial score (nSPS) is 19.0. The van der Waals surface area contributed by atoms with Crippen LogP contribution in [0.5, 0.6) is 0 Å². The first kappa shape index (κ1) is 21.9. The third-order valence-electron chi connectivity index (χ3n) is 5.90. The van der Waals surface area contributed by atoms with Crippen LogP contribution in [0.2, 0.25) is 0 Å². The second-order valence-electron chi connectivity index (χ2n) is 8.79. The molecule has 2 aromatic rings. The Bertz CT molecular complexity index is 894. The van der Waals surface area contributed by atoms with Gasteiger partial charge in [0.05, 0.1) is 5.69 Å². The summed E-state index contributed by atoms with van der Waals surface area (Å²) in [6.07, 6.45) is 5.24. The molecule has 0 bridgehead atoms. The zero-order chi connectivity index (χ0) is 22.0. The third-order valence-corrected chi connectivity index (χ3v) is 5.90. The number of anilines is 2. The Kier molecular flexibility index (Phi) is 6.48. The van der Waals surface area contributed by atoms with E-state index in [1.807, 2.05) is 57.1 Å². The second-order valence-corrected chi connectivity index (χ2v) is 8.79. The number of carboxylic acid groups (broad SMARTS) is 1. The van der Waals surface area contributed by atoms with Crippen LogP contribution in [0.25, 0.3) is 5.69 Å². The SMILES string of the molecule is CC(C)N(c1nn(-c2ccc(N(C)C)cc2)cc1C(=O)O)C(=O)[C@H]1CC[C@H](C)CC1. The molecule has 1 amide bonds. The molecular weight excluding hydrogens is 380 g/mol. The van der Waals surface area contributed by atoms with Crippen LogP contribution in [0.3, 0.4) is 0 Å². The van der Waals surface area contributed by atoms with E-state index in [4.69, 9.17) is 0 Å². The molecule has 0 radical (unpaired) electrons. The van der Waals surface area contributed by atoms with Crippen molar-refractivity contribution in [2.45, 2.75) is 52.5 Å². The van der Waals surface area contributed by atoms with E-state index in [0.717, 1.165) is 37.1 Å². The minimum Gasteiger partial charge on any atom is -0.477 e. The molecule has 3 rings (SSSR count). The topological polar surface area (TPSA) is 78.7 Å². The van der Waals surface area contributed by atoms with Gasteiger partial charge in [0, 0.05) is 37.9 Å². The monoisotopic (exact) mass is 412 g/mol. The Morgan fingerprint density at radius 3 is 2.20 bits per heavy atom. The van der Waals surface area contributed by atoms with E-state index in [-0.39, 0.29) is 29.2 Å². The summed E-state index contributed by atoms with van der Waals surface area (Å²) in [5, 5.41) is 14.4. The molecule has 1 aromatic carbocycles. The van der Waals surface area contributed by atoms with Gasteiger partial charge in [-0.25, -0.2) is 9.48 Å². The van der Waals surface area contributed by atoms with E-state index in [0.29, 0.717) is 5.92 Å². The standard InChI is InChI=1S/C23H32N4O3/c1-15(2)27(22(28)17-8-6-16(3)7-9-17)21-20(23(29)30)14-26(24-21)19-12-10-18(11-13-19)25(4)5/h10-17H,6-9H2,1-5H3,(H,29,30)/t16-,17-. The quantitative estimate of drug-likeness (QED) is 0.769. The van der Waals surface area contributed by atoms with E-state index in [2.05, 4.69) is 12.0 Å². The predicted octanol–water partition coefficient (Wildman–Crippen LogP) is 4.20. The largest absolute Gasteiger partial charge is 0.477 e. The average Bonchev–Trinajstić information content (AvgIpc) is 3.13. The van der Waals surface area contributed by atoms with Gasteiger partial charge in [0.25, 0.3) is 0 Å². The van der Waals surface area contributed by atoms with Crippen LogP contribution in [-0.2, 0) is 4.79 Å². The van der Waals surface area contributed by atoms with Gasteiger partial charge in [-0.05, 0) is 69.7 Å². The number of carbonyl (C=O) groups is 2. The minimum atomic E-state index is -1.09. The number of benzene rings is 1. The molecule has 7 heteroatoms. The van der Waals surface area contributed by atoms with Crippen molar-refractivity contribution in [2.24, 2.45) is 11.8 Å². The number of hydrogen-bond donors (Lipinski definition) is 1. The van der Waals surface area contributed by atoms with Crippen molar-refractivity contribution in [3.8, 4) is 5.69 Å². The molecule has 1 aliphatic carbocycles. The molecule has 0 saturated heterocycles. The Hall–Kier alpha value is -2.83. The average molecular weight is 413 g/mol. The van der Waals surface area contributed by atoms with Crippen LogP contribution >= 0.6 is 0 Å². The highest BCUT2D eigenvalue weighted by molar-refractivity contribution is 6.01. The first-order valence-corrected chi connectivity index (χ1v) is 10.6. The number of rotatable bonds is 6. The van der Waals surface area contributed by atoms with E-state index in [1.165, 1.54) is 6.20 Å². The number of carboxylic acids is 1. The van der Waals surface area contributed by atoms with Crippen LogP contribution in [0, 0.1) is 11.8 Å². The van der Waals surface area contributed by atoms with Crippen LogP contribution in [0.15, 0.2) is 30.5 Å². The highest BCUT2D eigenvalue weighted by Crippen LogP contribution is 2.32. The lowest BCUT2D eigenvalue weighted by atomic mass is 9.82. The smallest absolute Gasteiger partial charge is 0.341 e. The number of nitrogens with zero attached hydrogens (tertiary/aromatic N) is 4. The molecular formula is C23H32N4O3. The molecule has 1 fully saturated rings. The molecule has 1 aliphatic rings. The van der Waals surface area contributed by atoms with E-state index in [9.17, 15) is 14.7 Å². The highest BCUT2D eigenvalue weighted by atomic mass is 16.4. The van der Waals surface area contributed by atoms with E-state index >= 15 is 0 Å². The Morgan fingerprint density at radius 2 is 1.70 bits per heavy atom. The summed E-state index contributed by atoms with van der Waals surface area (Å²) in [5.41, 5.74) is 1.82. The maximum Gasteiger partial charge on any atom is 0.341 e. The zero-order valence-electron chi connectivity index (χ0n) is 18.5. The summed E-state index contributed by atoms with van der Waals surface area (Å²) in [5.74, 6) is -0.322. The van der Waals surface area contributed by atoms with E-state index in [1.54, 1.807) is 9.58 Å². The second kappa shape index (κ2) is 8.90. The van der Waals surface area contributed by atoms with Crippen LogP contribution < -0.4 is 9.80 Å². The molecule has 7 nitrogen and oxygen atoms in total. The molecule has 1 heterocycles. The summed E-state index contributed by atoms with van der Waals surface area (Å²) < 4.78 is 1.55. The lowest BCUT2D eigenvalue weighted by Gasteiger charge is -2.32.